The van der Waals surface area contributed by atoms with E-state index in [1.54, 1.807) is 0 Å². The molecule has 0 radical (unpaired) electrons. The van der Waals surface area contributed by atoms with Gasteiger partial charge in [-0.2, -0.15) is 0 Å². The minimum Gasteiger partial charge on any atom is -0.353 e. The topological polar surface area (TPSA) is 29.1 Å². The molecule has 1 atom stereocenters. The maximum atomic E-state index is 12.6. The highest BCUT2D eigenvalue weighted by molar-refractivity contribution is 5.86. The molecule has 0 aromatic heterocycles. The number of nitrogens with one attached hydrogen (secondary N) is 1. The molecule has 1 aliphatic heterocycles. The first-order chi connectivity index (χ1) is 3.63. The zero-order valence-corrected chi connectivity index (χ0v) is 4.70. The van der Waals surface area contributed by atoms with Gasteiger partial charge in [-0.25, -0.2) is 4.39 Å². The van der Waals surface area contributed by atoms with Crippen LogP contribution >= 0.6 is 0 Å². The first-order valence-corrected chi connectivity index (χ1v) is 2.60. The third-order valence-corrected chi connectivity index (χ3v) is 1.35. The number of hydrogen-bond acceptors (Lipinski definition) is 1. The second-order valence-corrected chi connectivity index (χ2v) is 2.20. The van der Waals surface area contributed by atoms with Crippen LogP contribution in [0.3, 0.4) is 0 Å². The number of hydrogen-bond donors (Lipinski definition) is 1. The van der Waals surface area contributed by atoms with Gasteiger partial charge in [0.25, 0.3) is 5.91 Å². The Hall–Kier alpha value is -0.600. The highest BCUT2D eigenvalue weighted by Gasteiger charge is 2.37. The molecule has 46 valence electrons. The molecule has 0 aliphatic carbocycles. The molecule has 0 aromatic carbocycles. The molecular formula is C5H8FNO. The van der Waals surface area contributed by atoms with E-state index in [9.17, 15) is 9.18 Å². The van der Waals surface area contributed by atoms with E-state index in [0.717, 1.165) is 0 Å². The maximum Gasteiger partial charge on any atom is 0.257 e. The third-order valence-electron chi connectivity index (χ3n) is 1.35. The zero-order valence-electron chi connectivity index (χ0n) is 4.70. The largest absolute Gasteiger partial charge is 0.353 e. The van der Waals surface area contributed by atoms with E-state index in [-0.39, 0.29) is 0 Å². The van der Waals surface area contributed by atoms with Gasteiger partial charge in [0, 0.05) is 13.0 Å². The molecule has 0 unspecified atom stereocenters. The molecule has 1 aliphatic rings. The minimum absolute atomic E-state index is 0.311. The predicted octanol–water partition coefficient (Wildman–Crippen LogP) is 0.234. The Morgan fingerprint density at radius 3 is 2.62 bits per heavy atom. The van der Waals surface area contributed by atoms with E-state index in [0.29, 0.717) is 13.0 Å². The lowest BCUT2D eigenvalue weighted by molar-refractivity contribution is -0.128. The Bertz CT molecular complexity index is 122. The summed E-state index contributed by atoms with van der Waals surface area (Å²) in [5, 5.41) is 2.40. The molecule has 0 saturated carbocycles. The Balaban J connectivity index is 2.68. The van der Waals surface area contributed by atoms with Crippen molar-refractivity contribution in [2.75, 3.05) is 6.54 Å². The molecule has 1 amide bonds. The van der Waals surface area contributed by atoms with Crippen LogP contribution in [-0.2, 0) is 4.79 Å². The molecule has 1 N–H and O–H groups in total. The smallest absolute Gasteiger partial charge is 0.257 e. The van der Waals surface area contributed by atoms with Gasteiger partial charge in [0.1, 0.15) is 0 Å². The summed E-state index contributed by atoms with van der Waals surface area (Å²) >= 11 is 0. The van der Waals surface area contributed by atoms with E-state index in [1.807, 2.05) is 0 Å². The van der Waals surface area contributed by atoms with Gasteiger partial charge in [0.15, 0.2) is 5.67 Å². The van der Waals surface area contributed by atoms with Crippen molar-refractivity contribution < 1.29 is 9.18 Å². The fourth-order valence-electron chi connectivity index (χ4n) is 0.709. The fraction of sp³-hybridized carbons (Fsp3) is 0.800. The molecule has 0 bridgehead atoms. The monoisotopic (exact) mass is 117 g/mol. The number of halogens is 1. The lowest BCUT2D eigenvalue weighted by Gasteiger charge is -2.05. The van der Waals surface area contributed by atoms with Crippen LogP contribution in [0.2, 0.25) is 0 Å². The maximum absolute atomic E-state index is 12.6. The second kappa shape index (κ2) is 1.44. The molecule has 3 heteroatoms. The summed E-state index contributed by atoms with van der Waals surface area (Å²) in [6, 6.07) is 0. The molecule has 1 rings (SSSR count). The number of rotatable bonds is 0. The van der Waals surface area contributed by atoms with Crippen LogP contribution in [0, 0.1) is 0 Å². The van der Waals surface area contributed by atoms with Gasteiger partial charge in [-0.15, -0.1) is 0 Å². The van der Waals surface area contributed by atoms with E-state index in [4.69, 9.17) is 0 Å². The summed E-state index contributed by atoms with van der Waals surface area (Å²) < 4.78 is 12.6. The first-order valence-electron chi connectivity index (χ1n) is 2.60. The predicted molar refractivity (Wildman–Crippen MR) is 27.1 cm³/mol. The van der Waals surface area contributed by atoms with Crippen LogP contribution in [0.5, 0.6) is 0 Å². The molecule has 0 aromatic rings. The minimum atomic E-state index is -1.60. The average molecular weight is 117 g/mol. The van der Waals surface area contributed by atoms with Gasteiger partial charge in [-0.3, -0.25) is 4.79 Å². The van der Waals surface area contributed by atoms with Crippen molar-refractivity contribution in [2.45, 2.75) is 19.0 Å². The SMILES string of the molecule is C[C@]1(F)CCNC1=O. The van der Waals surface area contributed by atoms with Crippen molar-refractivity contribution >= 4 is 5.91 Å². The summed E-state index contributed by atoms with van der Waals surface area (Å²) in [6.45, 7) is 1.78. The van der Waals surface area contributed by atoms with Crippen molar-refractivity contribution in [3.8, 4) is 0 Å². The van der Waals surface area contributed by atoms with Crippen LogP contribution in [-0.4, -0.2) is 18.1 Å². The summed E-state index contributed by atoms with van der Waals surface area (Å²) in [6.07, 6.45) is 0.311. The van der Waals surface area contributed by atoms with Crippen LogP contribution in [0.15, 0.2) is 0 Å². The Kier molecular flexibility index (Phi) is 0.994. The highest BCUT2D eigenvalue weighted by atomic mass is 19.1. The second-order valence-electron chi connectivity index (χ2n) is 2.20. The van der Waals surface area contributed by atoms with Crippen molar-refractivity contribution in [1.82, 2.24) is 5.32 Å². The van der Waals surface area contributed by atoms with Crippen molar-refractivity contribution in [1.29, 1.82) is 0 Å². The van der Waals surface area contributed by atoms with Crippen molar-refractivity contribution in [3.05, 3.63) is 0 Å². The van der Waals surface area contributed by atoms with Crippen LogP contribution < -0.4 is 5.32 Å². The Morgan fingerprint density at radius 2 is 2.50 bits per heavy atom. The molecule has 0 spiro atoms. The number of carbonyl (C=O) groups is 1. The van der Waals surface area contributed by atoms with Crippen molar-refractivity contribution in [3.63, 3.8) is 0 Å². The van der Waals surface area contributed by atoms with Gasteiger partial charge < -0.3 is 5.32 Å². The highest BCUT2D eigenvalue weighted by Crippen LogP contribution is 2.18. The van der Waals surface area contributed by atoms with Gasteiger partial charge in [0.2, 0.25) is 0 Å². The Morgan fingerprint density at radius 1 is 1.88 bits per heavy atom. The van der Waals surface area contributed by atoms with Crippen LogP contribution in [0.4, 0.5) is 4.39 Å². The van der Waals surface area contributed by atoms with E-state index < -0.39 is 11.6 Å². The van der Waals surface area contributed by atoms with Gasteiger partial charge in [-0.05, 0) is 6.92 Å². The zero-order chi connectivity index (χ0) is 6.20. The molecule has 1 fully saturated rings. The average Bonchev–Trinajstić information content (AvgIpc) is 1.86. The lowest BCUT2D eigenvalue weighted by Crippen LogP contribution is -2.29. The van der Waals surface area contributed by atoms with Crippen LogP contribution in [0.1, 0.15) is 13.3 Å². The Labute approximate surface area is 47.1 Å². The number of amides is 1. The molecule has 1 saturated heterocycles. The summed E-state index contributed by atoms with van der Waals surface area (Å²) in [5.74, 6) is -0.475. The lowest BCUT2D eigenvalue weighted by atomic mass is 10.1. The van der Waals surface area contributed by atoms with Gasteiger partial charge in [0.05, 0.1) is 0 Å². The summed E-state index contributed by atoms with van der Waals surface area (Å²) in [5.41, 5.74) is -1.60. The standard InChI is InChI=1S/C5H8FNO/c1-5(6)2-3-7-4(5)8/h2-3H2,1H3,(H,7,8)/t5-/m0/s1. The van der Waals surface area contributed by atoms with Crippen LogP contribution in [0.25, 0.3) is 0 Å². The van der Waals surface area contributed by atoms with E-state index in [1.165, 1.54) is 6.92 Å². The van der Waals surface area contributed by atoms with Gasteiger partial charge in [-0.1, -0.05) is 0 Å². The van der Waals surface area contributed by atoms with E-state index in [2.05, 4.69) is 5.32 Å². The van der Waals surface area contributed by atoms with Crippen molar-refractivity contribution in [2.24, 2.45) is 0 Å². The third kappa shape index (κ3) is 0.680. The first kappa shape index (κ1) is 5.54. The molecule has 2 nitrogen and oxygen atoms in total. The summed E-state index contributed by atoms with van der Waals surface area (Å²) in [7, 11) is 0. The molecular weight excluding hydrogens is 109 g/mol. The fourth-order valence-corrected chi connectivity index (χ4v) is 0.709. The summed E-state index contributed by atoms with van der Waals surface area (Å²) in [4.78, 5) is 10.4. The normalized spacial score (nSPS) is 37.5. The molecule has 8 heavy (non-hydrogen) atoms. The number of carbonyl (C=O) groups excluding carboxylic acids is 1. The quantitative estimate of drug-likeness (QED) is 0.483. The van der Waals surface area contributed by atoms with E-state index >= 15 is 0 Å². The number of alkyl halides is 1. The van der Waals surface area contributed by atoms with Gasteiger partial charge >= 0.3 is 0 Å². The molecule has 1 heterocycles.